The van der Waals surface area contributed by atoms with Crippen LogP contribution in [-0.4, -0.2) is 18.8 Å². The van der Waals surface area contributed by atoms with Crippen LogP contribution in [-0.2, 0) is 4.74 Å². The highest BCUT2D eigenvalue weighted by Crippen LogP contribution is 2.37. The first-order chi connectivity index (χ1) is 8.06. The van der Waals surface area contributed by atoms with Crippen molar-refractivity contribution in [1.82, 2.24) is 0 Å². The minimum absolute atomic E-state index is 0.152. The Morgan fingerprint density at radius 3 is 2.53 bits per heavy atom. The van der Waals surface area contributed by atoms with E-state index in [1.54, 1.807) is 0 Å². The van der Waals surface area contributed by atoms with E-state index >= 15 is 0 Å². The third-order valence-corrected chi connectivity index (χ3v) is 5.00. The molecule has 92 valence electrons. The highest BCUT2D eigenvalue weighted by Gasteiger charge is 2.44. The molecule has 0 spiro atoms. The Kier molecular flexibility index (Phi) is 4.34. The molecule has 1 heterocycles. The Morgan fingerprint density at radius 1 is 1.29 bits per heavy atom. The summed E-state index contributed by atoms with van der Waals surface area (Å²) in [5, 5.41) is 0. The van der Waals surface area contributed by atoms with Gasteiger partial charge in [0.2, 0.25) is 0 Å². The summed E-state index contributed by atoms with van der Waals surface area (Å²) in [7, 11) is 0. The van der Waals surface area contributed by atoms with Crippen molar-refractivity contribution in [3.63, 3.8) is 0 Å². The van der Waals surface area contributed by atoms with Crippen molar-refractivity contribution in [3.8, 4) is 5.75 Å². The van der Waals surface area contributed by atoms with E-state index in [2.05, 4.69) is 54.4 Å². The van der Waals surface area contributed by atoms with E-state index in [0.29, 0.717) is 6.61 Å². The van der Waals surface area contributed by atoms with Crippen LogP contribution >= 0.6 is 47.8 Å². The normalized spacial score (nSPS) is 22.3. The van der Waals surface area contributed by atoms with Gasteiger partial charge in [0.25, 0.3) is 0 Å². The summed E-state index contributed by atoms with van der Waals surface area (Å²) in [6.07, 6.45) is 2.69. The second-order valence-electron chi connectivity index (χ2n) is 3.95. The largest absolute Gasteiger partial charge is 0.489 e. The van der Waals surface area contributed by atoms with E-state index in [0.717, 1.165) is 32.2 Å². The van der Waals surface area contributed by atoms with Crippen LogP contribution < -0.4 is 4.74 Å². The van der Waals surface area contributed by atoms with Crippen molar-refractivity contribution >= 4 is 47.8 Å². The van der Waals surface area contributed by atoms with Crippen LogP contribution in [0.3, 0.4) is 0 Å². The molecule has 0 aromatic heterocycles. The summed E-state index contributed by atoms with van der Waals surface area (Å²) in [6.45, 7) is 5.02. The minimum Gasteiger partial charge on any atom is -0.489 e. The number of halogens is 3. The molecule has 1 atom stereocenters. The Morgan fingerprint density at radius 2 is 1.94 bits per heavy atom. The SMILES string of the molecule is C=CCC1(COc2cc(Br)c(Br)cc2Br)CO1. The maximum absolute atomic E-state index is 5.78. The van der Waals surface area contributed by atoms with Crippen molar-refractivity contribution in [1.29, 1.82) is 0 Å². The van der Waals surface area contributed by atoms with Gasteiger partial charge in [0.05, 0.1) is 11.1 Å². The van der Waals surface area contributed by atoms with Gasteiger partial charge in [0, 0.05) is 8.95 Å². The topological polar surface area (TPSA) is 21.8 Å². The number of hydrogen-bond acceptors (Lipinski definition) is 2. The summed E-state index contributed by atoms with van der Waals surface area (Å²) in [4.78, 5) is 0. The van der Waals surface area contributed by atoms with Crippen molar-refractivity contribution in [2.45, 2.75) is 12.0 Å². The molecule has 0 N–H and O–H groups in total. The zero-order valence-electron chi connectivity index (χ0n) is 9.01. The number of epoxide rings is 1. The predicted octanol–water partition coefficient (Wildman–Crippen LogP) is 4.70. The second-order valence-corrected chi connectivity index (χ2v) is 6.51. The fraction of sp³-hybridized carbons (Fsp3) is 0.333. The first-order valence-corrected chi connectivity index (χ1v) is 7.46. The highest BCUT2D eigenvalue weighted by molar-refractivity contribution is 9.13. The Hall–Kier alpha value is 0.160. The molecule has 0 radical (unpaired) electrons. The van der Waals surface area contributed by atoms with Crippen molar-refractivity contribution < 1.29 is 9.47 Å². The maximum atomic E-state index is 5.78. The molecular formula is C12H11Br3O2. The molecule has 0 saturated carbocycles. The molecule has 0 aliphatic carbocycles. The van der Waals surface area contributed by atoms with Crippen LogP contribution in [0.4, 0.5) is 0 Å². The van der Waals surface area contributed by atoms with E-state index in [1.165, 1.54) is 0 Å². The number of benzene rings is 1. The molecular weight excluding hydrogens is 416 g/mol. The smallest absolute Gasteiger partial charge is 0.134 e. The van der Waals surface area contributed by atoms with Crippen molar-refractivity contribution in [3.05, 3.63) is 38.2 Å². The van der Waals surface area contributed by atoms with Gasteiger partial charge < -0.3 is 9.47 Å². The molecule has 1 aliphatic rings. The summed E-state index contributed by atoms with van der Waals surface area (Å²) < 4.78 is 14.1. The maximum Gasteiger partial charge on any atom is 0.134 e. The molecule has 0 bridgehead atoms. The van der Waals surface area contributed by atoms with Crippen molar-refractivity contribution in [2.75, 3.05) is 13.2 Å². The van der Waals surface area contributed by atoms with Gasteiger partial charge in [-0.1, -0.05) is 6.08 Å². The minimum atomic E-state index is -0.152. The fourth-order valence-electron chi connectivity index (χ4n) is 1.45. The van der Waals surface area contributed by atoms with Crippen LogP contribution in [0, 0.1) is 0 Å². The fourth-order valence-corrected chi connectivity index (χ4v) is 2.88. The molecule has 1 aromatic rings. The monoisotopic (exact) mass is 424 g/mol. The summed E-state index contributed by atoms with van der Waals surface area (Å²) in [5.74, 6) is 0.805. The highest BCUT2D eigenvalue weighted by atomic mass is 79.9. The van der Waals surface area contributed by atoms with E-state index < -0.39 is 0 Å². The first-order valence-electron chi connectivity index (χ1n) is 5.08. The molecule has 1 aliphatic heterocycles. The van der Waals surface area contributed by atoms with Gasteiger partial charge in [-0.25, -0.2) is 0 Å². The number of ether oxygens (including phenoxy) is 2. The molecule has 5 heteroatoms. The Bertz CT molecular complexity index is 442. The van der Waals surface area contributed by atoms with Crippen LogP contribution in [0.2, 0.25) is 0 Å². The van der Waals surface area contributed by atoms with Crippen molar-refractivity contribution in [2.24, 2.45) is 0 Å². The van der Waals surface area contributed by atoms with Crippen LogP contribution in [0.15, 0.2) is 38.2 Å². The molecule has 2 rings (SSSR count). The predicted molar refractivity (Wildman–Crippen MR) is 78.5 cm³/mol. The van der Waals surface area contributed by atoms with Gasteiger partial charge in [-0.3, -0.25) is 0 Å². The van der Waals surface area contributed by atoms with Crippen LogP contribution in [0.5, 0.6) is 5.75 Å². The summed E-state index contributed by atoms with van der Waals surface area (Å²) in [6, 6.07) is 3.88. The van der Waals surface area contributed by atoms with Crippen LogP contribution in [0.1, 0.15) is 6.42 Å². The van der Waals surface area contributed by atoms with Gasteiger partial charge in [-0.2, -0.15) is 0 Å². The second kappa shape index (κ2) is 5.43. The Balaban J connectivity index is 2.04. The summed E-state index contributed by atoms with van der Waals surface area (Å²) in [5.41, 5.74) is -0.152. The molecule has 1 aromatic carbocycles. The van der Waals surface area contributed by atoms with E-state index in [9.17, 15) is 0 Å². The van der Waals surface area contributed by atoms with Gasteiger partial charge in [-0.15, -0.1) is 6.58 Å². The van der Waals surface area contributed by atoms with E-state index in [-0.39, 0.29) is 5.60 Å². The first kappa shape index (κ1) is 13.6. The zero-order chi connectivity index (χ0) is 12.5. The average Bonchev–Trinajstić information content (AvgIpc) is 3.03. The number of rotatable bonds is 5. The molecule has 17 heavy (non-hydrogen) atoms. The lowest BCUT2D eigenvalue weighted by Gasteiger charge is -2.13. The van der Waals surface area contributed by atoms with Gasteiger partial charge in [-0.05, 0) is 66.3 Å². The third kappa shape index (κ3) is 3.34. The van der Waals surface area contributed by atoms with E-state index in [4.69, 9.17) is 9.47 Å². The van der Waals surface area contributed by atoms with Crippen LogP contribution in [0.25, 0.3) is 0 Å². The molecule has 1 fully saturated rings. The molecule has 1 unspecified atom stereocenters. The standard InChI is InChI=1S/C12H11Br3O2/c1-2-3-12(7-17-12)6-16-11-5-9(14)8(13)4-10(11)15/h2,4-5H,1,3,6-7H2. The molecule has 1 saturated heterocycles. The van der Waals surface area contributed by atoms with Gasteiger partial charge in [0.1, 0.15) is 18.0 Å². The van der Waals surface area contributed by atoms with Gasteiger partial charge >= 0.3 is 0 Å². The van der Waals surface area contributed by atoms with Gasteiger partial charge in [0.15, 0.2) is 0 Å². The molecule has 2 nitrogen and oxygen atoms in total. The third-order valence-electron chi connectivity index (χ3n) is 2.53. The zero-order valence-corrected chi connectivity index (χ0v) is 13.8. The molecule has 0 amide bonds. The number of hydrogen-bond donors (Lipinski definition) is 0. The quantitative estimate of drug-likeness (QED) is 0.387. The lowest BCUT2D eigenvalue weighted by molar-refractivity contribution is 0.189. The summed E-state index contributed by atoms with van der Waals surface area (Å²) >= 11 is 10.4. The lowest BCUT2D eigenvalue weighted by atomic mass is 10.1. The lowest BCUT2D eigenvalue weighted by Crippen LogP contribution is -2.20. The Labute approximate surface area is 126 Å². The van der Waals surface area contributed by atoms with E-state index in [1.807, 2.05) is 18.2 Å². The average molecular weight is 427 g/mol.